The highest BCUT2D eigenvalue weighted by Crippen LogP contribution is 2.38. The third-order valence-electron chi connectivity index (χ3n) is 8.41. The van der Waals surface area contributed by atoms with E-state index in [0.29, 0.717) is 60.1 Å². The Labute approximate surface area is 251 Å². The van der Waals surface area contributed by atoms with E-state index < -0.39 is 5.76 Å². The van der Waals surface area contributed by atoms with Gasteiger partial charge in [0.1, 0.15) is 17.0 Å². The number of halogens is 2. The van der Waals surface area contributed by atoms with Gasteiger partial charge in [0.05, 0.1) is 24.3 Å². The molecule has 5 heterocycles. The predicted octanol–water partition coefficient (Wildman–Crippen LogP) is 5.43. The number of aromatic nitrogens is 7. The quantitative estimate of drug-likeness (QED) is 0.270. The van der Waals surface area contributed by atoms with Crippen molar-refractivity contribution in [2.45, 2.75) is 45.2 Å². The van der Waals surface area contributed by atoms with E-state index in [1.807, 2.05) is 0 Å². The molecule has 1 atom stereocenters. The second kappa shape index (κ2) is 11.5. The van der Waals surface area contributed by atoms with E-state index in [1.54, 1.807) is 30.6 Å². The Hall–Kier alpha value is -4.16. The number of pyridine rings is 1. The minimum Gasteiger partial charge on any atom is -0.384 e. The van der Waals surface area contributed by atoms with E-state index in [2.05, 4.69) is 31.6 Å². The second-order valence-corrected chi connectivity index (χ2v) is 11.8. The molecule has 1 saturated carbocycles. The number of rotatable bonds is 6. The van der Waals surface area contributed by atoms with Crippen LogP contribution in [0, 0.1) is 17.7 Å². The summed E-state index contributed by atoms with van der Waals surface area (Å²) in [6.45, 7) is 4.55. The molecular weight excluding hydrogens is 575 g/mol. The molecule has 2 aliphatic rings. The Bertz CT molecular complexity index is 1810. The van der Waals surface area contributed by atoms with Crippen molar-refractivity contribution in [2.75, 3.05) is 24.7 Å². The van der Waals surface area contributed by atoms with E-state index in [4.69, 9.17) is 35.7 Å². The van der Waals surface area contributed by atoms with Gasteiger partial charge >= 0.3 is 5.76 Å². The monoisotopic (exact) mass is 604 g/mol. The molecule has 11 nitrogen and oxygen atoms in total. The maximum absolute atomic E-state index is 13.9. The van der Waals surface area contributed by atoms with Crippen molar-refractivity contribution >= 4 is 28.7 Å². The number of aromatic amines is 1. The molecule has 7 rings (SSSR count). The van der Waals surface area contributed by atoms with Gasteiger partial charge in [0.25, 0.3) is 5.89 Å². The number of benzene rings is 1. The Morgan fingerprint density at radius 3 is 2.65 bits per heavy atom. The third kappa shape index (κ3) is 5.52. The van der Waals surface area contributed by atoms with Crippen molar-refractivity contribution in [3.05, 3.63) is 69.7 Å². The zero-order chi connectivity index (χ0) is 29.5. The van der Waals surface area contributed by atoms with Gasteiger partial charge in [-0.1, -0.05) is 43.5 Å². The zero-order valence-corrected chi connectivity index (χ0v) is 24.3. The number of nitrogens with one attached hydrogen (secondary N) is 1. The van der Waals surface area contributed by atoms with E-state index in [1.165, 1.54) is 25.0 Å². The molecule has 1 aliphatic heterocycles. The fourth-order valence-corrected chi connectivity index (χ4v) is 6.33. The van der Waals surface area contributed by atoms with Crippen LogP contribution in [0.4, 0.5) is 10.3 Å². The second-order valence-electron chi connectivity index (χ2n) is 11.4. The van der Waals surface area contributed by atoms with Crippen LogP contribution in [-0.4, -0.2) is 54.5 Å². The molecule has 1 aliphatic carbocycles. The number of nitrogens with zero attached hydrogens (tertiary/aromatic N) is 7. The van der Waals surface area contributed by atoms with Crippen LogP contribution in [0.15, 0.2) is 51.9 Å². The number of ether oxygens (including phenoxy) is 1. The third-order valence-corrected chi connectivity index (χ3v) is 8.61. The highest BCUT2D eigenvalue weighted by Gasteiger charge is 2.32. The lowest BCUT2D eigenvalue weighted by Crippen LogP contribution is -2.41. The average molecular weight is 605 g/mol. The summed E-state index contributed by atoms with van der Waals surface area (Å²) in [5.74, 6) is 0.928. The highest BCUT2D eigenvalue weighted by molar-refractivity contribution is 6.30. The first-order valence-corrected chi connectivity index (χ1v) is 14.9. The molecule has 1 N–H and O–H groups in total. The molecule has 0 amide bonds. The van der Waals surface area contributed by atoms with Gasteiger partial charge in [0.15, 0.2) is 5.65 Å². The van der Waals surface area contributed by atoms with Crippen LogP contribution in [0.5, 0.6) is 0 Å². The number of anilines is 1. The smallest absolute Gasteiger partial charge is 0.384 e. The number of morpholine rings is 1. The van der Waals surface area contributed by atoms with Gasteiger partial charge in [-0.05, 0) is 48.4 Å². The van der Waals surface area contributed by atoms with Gasteiger partial charge in [-0.25, -0.2) is 24.3 Å². The summed E-state index contributed by atoms with van der Waals surface area (Å²) < 4.78 is 27.2. The summed E-state index contributed by atoms with van der Waals surface area (Å²) in [6.07, 6.45) is 7.81. The van der Waals surface area contributed by atoms with Crippen molar-refractivity contribution in [1.82, 2.24) is 34.7 Å². The van der Waals surface area contributed by atoms with Gasteiger partial charge in [0, 0.05) is 31.0 Å². The van der Waals surface area contributed by atoms with Crippen molar-refractivity contribution in [3.8, 4) is 23.0 Å². The molecule has 0 radical (unpaired) electrons. The summed E-state index contributed by atoms with van der Waals surface area (Å²) in [6, 6.07) is 8.11. The lowest BCUT2D eigenvalue weighted by molar-refractivity contribution is 0.0927. The van der Waals surface area contributed by atoms with Crippen molar-refractivity contribution in [3.63, 3.8) is 0 Å². The van der Waals surface area contributed by atoms with E-state index >= 15 is 0 Å². The molecule has 43 heavy (non-hydrogen) atoms. The predicted molar refractivity (Wildman–Crippen MR) is 158 cm³/mol. The summed E-state index contributed by atoms with van der Waals surface area (Å²) in [5, 5.41) is 6.69. The van der Waals surface area contributed by atoms with Crippen LogP contribution >= 0.6 is 11.6 Å². The molecule has 5 aromatic rings. The van der Waals surface area contributed by atoms with Crippen molar-refractivity contribution < 1.29 is 13.5 Å². The first-order valence-electron chi connectivity index (χ1n) is 14.5. The fourth-order valence-electron chi connectivity index (χ4n) is 6.15. The molecule has 1 saturated heterocycles. The van der Waals surface area contributed by atoms with Crippen LogP contribution < -0.4 is 10.7 Å². The molecule has 0 bridgehead atoms. The maximum Gasteiger partial charge on any atom is 0.434 e. The van der Waals surface area contributed by atoms with Crippen molar-refractivity contribution in [1.29, 1.82) is 0 Å². The van der Waals surface area contributed by atoms with Crippen molar-refractivity contribution in [2.24, 2.45) is 11.8 Å². The van der Waals surface area contributed by atoms with Crippen LogP contribution in [0.1, 0.15) is 44.2 Å². The fraction of sp³-hybridized carbons (Fsp3) is 0.400. The molecule has 0 spiro atoms. The maximum atomic E-state index is 13.9. The molecule has 1 aromatic carbocycles. The first kappa shape index (κ1) is 27.7. The van der Waals surface area contributed by atoms with E-state index in [0.717, 1.165) is 29.9 Å². The molecule has 4 aromatic heterocycles. The minimum atomic E-state index is -0.710. The average Bonchev–Trinajstić information content (AvgIpc) is 3.62. The van der Waals surface area contributed by atoms with Crippen LogP contribution in [0.25, 0.3) is 34.1 Å². The van der Waals surface area contributed by atoms with E-state index in [-0.39, 0.29) is 23.6 Å². The standard InChI is InChI=1S/C30H30ClFN8O3/c1-17-2-4-18(5-3-17)15-40-25-24(20-12-21(31)14-33-13-20)34-27(28-37-38-30(41)43-28)35-26(25)36-29(40)39-10-11-42-16-23(39)19-6-8-22(32)9-7-19/h6-9,12-14,17-18,23H,2-5,10-11,15-16H2,1H3,(H,38,41)/t17-,18-,23-/m0/s1. The van der Waals surface area contributed by atoms with Crippen LogP contribution in [0.2, 0.25) is 5.02 Å². The first-order chi connectivity index (χ1) is 20.9. The van der Waals surface area contributed by atoms with Gasteiger partial charge < -0.3 is 18.6 Å². The number of H-pyrrole nitrogens is 1. The van der Waals surface area contributed by atoms with Crippen LogP contribution in [0.3, 0.4) is 0 Å². The molecule has 13 heteroatoms. The summed E-state index contributed by atoms with van der Waals surface area (Å²) in [5.41, 5.74) is 3.30. The largest absolute Gasteiger partial charge is 0.434 e. The summed E-state index contributed by atoms with van der Waals surface area (Å²) in [7, 11) is 0. The molecule has 0 unspecified atom stereocenters. The van der Waals surface area contributed by atoms with Gasteiger partial charge in [-0.3, -0.25) is 4.98 Å². The summed E-state index contributed by atoms with van der Waals surface area (Å²) in [4.78, 5) is 33.0. The summed E-state index contributed by atoms with van der Waals surface area (Å²) >= 11 is 6.39. The normalized spacial score (nSPS) is 21.0. The minimum absolute atomic E-state index is 0.0453. The Morgan fingerprint density at radius 1 is 1.09 bits per heavy atom. The van der Waals surface area contributed by atoms with E-state index in [9.17, 15) is 9.18 Å². The number of hydrogen-bond donors (Lipinski definition) is 1. The Balaban J connectivity index is 1.45. The topological polar surface area (TPSA) is 128 Å². The number of fused-ring (bicyclic) bond motifs is 1. The van der Waals surface area contributed by atoms with Gasteiger partial charge in [-0.2, -0.15) is 4.98 Å². The van der Waals surface area contributed by atoms with Gasteiger partial charge in [-0.15, -0.1) is 5.10 Å². The lowest BCUT2D eigenvalue weighted by atomic mass is 9.83. The lowest BCUT2D eigenvalue weighted by Gasteiger charge is -2.37. The number of imidazole rings is 1. The highest BCUT2D eigenvalue weighted by atomic mass is 35.5. The van der Waals surface area contributed by atoms with Gasteiger partial charge in [0.2, 0.25) is 11.8 Å². The molecular formula is C30H30ClFN8O3. The Morgan fingerprint density at radius 2 is 1.91 bits per heavy atom. The zero-order valence-electron chi connectivity index (χ0n) is 23.5. The SMILES string of the molecule is C[C@H]1CC[C@H](Cn2c(N3CCOC[C@H]3c3ccc(F)cc3)nc3nc(-c4n[nH]c(=O)o4)nc(-c4cncc(Cl)c4)c32)CC1. The molecule has 222 valence electrons. The number of hydrogen-bond acceptors (Lipinski definition) is 9. The Kier molecular flexibility index (Phi) is 7.39. The van der Waals surface area contributed by atoms with Crippen LogP contribution in [-0.2, 0) is 11.3 Å². The molecule has 2 fully saturated rings.